The van der Waals surface area contributed by atoms with E-state index >= 15 is 0 Å². The van der Waals surface area contributed by atoms with Crippen LogP contribution in [0.2, 0.25) is 0 Å². The van der Waals surface area contributed by atoms with Gasteiger partial charge in [-0.25, -0.2) is 24.9 Å². The van der Waals surface area contributed by atoms with Gasteiger partial charge in [-0.3, -0.25) is 0 Å². The summed E-state index contributed by atoms with van der Waals surface area (Å²) in [5.41, 5.74) is 11.6. The van der Waals surface area contributed by atoms with Crippen LogP contribution in [0.3, 0.4) is 0 Å². The van der Waals surface area contributed by atoms with E-state index in [2.05, 4.69) is 140 Å². The lowest BCUT2D eigenvalue weighted by Crippen LogP contribution is -2.29. The molecule has 0 fully saturated rings. The monoisotopic (exact) mass is 703 g/mol. The van der Waals surface area contributed by atoms with Crippen molar-refractivity contribution in [3.05, 3.63) is 222 Å². The van der Waals surface area contributed by atoms with Crippen LogP contribution in [0.25, 0.3) is 68.1 Å². The van der Waals surface area contributed by atoms with Crippen LogP contribution in [0.15, 0.2) is 200 Å². The summed E-state index contributed by atoms with van der Waals surface area (Å²) in [6.07, 6.45) is 0. The Morgan fingerprint density at radius 3 is 1.09 bits per heavy atom. The number of hydrogen-bond donors (Lipinski definition) is 0. The van der Waals surface area contributed by atoms with Gasteiger partial charge in [0.25, 0.3) is 0 Å². The van der Waals surface area contributed by atoms with E-state index in [4.69, 9.17) is 24.9 Å². The van der Waals surface area contributed by atoms with Gasteiger partial charge < -0.3 is 0 Å². The fourth-order valence-corrected chi connectivity index (χ4v) is 7.94. The first-order chi connectivity index (χ1) is 27.3. The van der Waals surface area contributed by atoms with Crippen molar-refractivity contribution in [1.82, 2.24) is 24.9 Å². The van der Waals surface area contributed by atoms with Crippen molar-refractivity contribution < 1.29 is 0 Å². The Kier molecular flexibility index (Phi) is 7.96. The maximum absolute atomic E-state index is 5.47. The second kappa shape index (κ2) is 13.6. The van der Waals surface area contributed by atoms with E-state index in [0.717, 1.165) is 50.3 Å². The largest absolute Gasteiger partial charge is 0.228 e. The first-order valence-electron chi connectivity index (χ1n) is 18.4. The van der Waals surface area contributed by atoms with Crippen LogP contribution in [-0.2, 0) is 5.41 Å². The van der Waals surface area contributed by atoms with Crippen LogP contribution >= 0.6 is 0 Å². The molecule has 0 N–H and O–H groups in total. The first-order valence-corrected chi connectivity index (χ1v) is 18.4. The molecule has 0 unspecified atom stereocenters. The number of hydrogen-bond acceptors (Lipinski definition) is 5. The standard InChI is InChI=1S/C50H33N5/c1-6-18-34(19-7-1)44-43-45(41-28-16-17-29-42(41)50(43,39-24-12-4-13-25-39)40-26-14-5-15-27-40)52-46(51-44)37-30-32-38(33-31-37)49-54-47(35-20-8-2-9-21-35)53-48(55-49)36-22-10-3-11-23-36/h1-33H. The van der Waals surface area contributed by atoms with Crippen molar-refractivity contribution >= 4 is 0 Å². The van der Waals surface area contributed by atoms with Crippen molar-refractivity contribution in [2.45, 2.75) is 5.41 Å². The van der Waals surface area contributed by atoms with E-state index in [-0.39, 0.29) is 0 Å². The molecule has 2 heterocycles. The summed E-state index contributed by atoms with van der Waals surface area (Å²) in [6.45, 7) is 0. The molecule has 5 heteroatoms. The molecule has 7 aromatic carbocycles. The molecule has 0 atom stereocenters. The Hall–Kier alpha value is -7.37. The average molecular weight is 704 g/mol. The normalized spacial score (nSPS) is 12.5. The van der Waals surface area contributed by atoms with Gasteiger partial charge in [0.1, 0.15) is 0 Å². The third kappa shape index (κ3) is 5.53. The summed E-state index contributed by atoms with van der Waals surface area (Å²) >= 11 is 0. The van der Waals surface area contributed by atoms with Crippen molar-refractivity contribution in [3.63, 3.8) is 0 Å². The SMILES string of the molecule is c1ccc(-c2nc(-c3ccccc3)nc(-c3ccc(-c4nc(-c5ccccc5)c5c(n4)-c4ccccc4C5(c4ccccc4)c4ccccc4)cc3)n2)cc1. The molecule has 5 nitrogen and oxygen atoms in total. The molecule has 55 heavy (non-hydrogen) atoms. The van der Waals surface area contributed by atoms with Gasteiger partial charge in [-0.2, -0.15) is 0 Å². The summed E-state index contributed by atoms with van der Waals surface area (Å²) in [6, 6.07) is 69.1. The number of benzene rings is 7. The molecular formula is C50H33N5. The van der Waals surface area contributed by atoms with Crippen molar-refractivity contribution in [2.24, 2.45) is 0 Å². The first kappa shape index (κ1) is 32.3. The van der Waals surface area contributed by atoms with E-state index in [9.17, 15) is 0 Å². The van der Waals surface area contributed by atoms with Gasteiger partial charge in [-0.05, 0) is 16.7 Å². The second-order valence-corrected chi connectivity index (χ2v) is 13.6. The zero-order valence-corrected chi connectivity index (χ0v) is 29.8. The predicted octanol–water partition coefficient (Wildman–Crippen LogP) is 11.4. The van der Waals surface area contributed by atoms with Crippen molar-refractivity contribution in [3.8, 4) is 68.1 Å². The molecule has 1 aliphatic carbocycles. The minimum absolute atomic E-state index is 0.600. The zero-order valence-electron chi connectivity index (χ0n) is 29.8. The van der Waals surface area contributed by atoms with E-state index in [1.54, 1.807) is 0 Å². The molecule has 1 aliphatic rings. The second-order valence-electron chi connectivity index (χ2n) is 13.6. The number of rotatable bonds is 7. The molecular weight excluding hydrogens is 671 g/mol. The fraction of sp³-hybridized carbons (Fsp3) is 0.0200. The molecule has 2 aromatic heterocycles. The number of aromatic nitrogens is 5. The third-order valence-corrected chi connectivity index (χ3v) is 10.4. The number of fused-ring (bicyclic) bond motifs is 3. The van der Waals surface area contributed by atoms with Gasteiger partial charge in [-0.1, -0.05) is 200 Å². The van der Waals surface area contributed by atoms with Gasteiger partial charge in [0, 0.05) is 38.9 Å². The van der Waals surface area contributed by atoms with Crippen LogP contribution in [0.5, 0.6) is 0 Å². The van der Waals surface area contributed by atoms with Crippen LogP contribution in [0, 0.1) is 0 Å². The van der Waals surface area contributed by atoms with Crippen molar-refractivity contribution in [2.75, 3.05) is 0 Å². The Bertz CT molecular complexity index is 2680. The van der Waals surface area contributed by atoms with Gasteiger partial charge in [0.15, 0.2) is 23.3 Å². The summed E-state index contributed by atoms with van der Waals surface area (Å²) in [7, 11) is 0. The van der Waals surface area contributed by atoms with E-state index in [0.29, 0.717) is 23.3 Å². The molecule has 0 amide bonds. The predicted molar refractivity (Wildman–Crippen MR) is 220 cm³/mol. The highest BCUT2D eigenvalue weighted by Crippen LogP contribution is 2.58. The quantitative estimate of drug-likeness (QED) is 0.165. The number of nitrogens with zero attached hydrogens (tertiary/aromatic N) is 5. The van der Waals surface area contributed by atoms with Gasteiger partial charge >= 0.3 is 0 Å². The van der Waals surface area contributed by atoms with E-state index in [1.165, 1.54) is 16.7 Å². The smallest absolute Gasteiger partial charge is 0.164 e. The average Bonchev–Trinajstić information content (AvgIpc) is 3.58. The molecule has 10 rings (SSSR count). The Morgan fingerprint density at radius 1 is 0.273 bits per heavy atom. The molecule has 0 saturated heterocycles. The summed E-state index contributed by atoms with van der Waals surface area (Å²) in [4.78, 5) is 25.7. The maximum atomic E-state index is 5.47. The topological polar surface area (TPSA) is 64.5 Å². The summed E-state index contributed by atoms with van der Waals surface area (Å²) < 4.78 is 0. The lowest BCUT2D eigenvalue weighted by molar-refractivity contribution is 0.763. The minimum Gasteiger partial charge on any atom is -0.228 e. The summed E-state index contributed by atoms with van der Waals surface area (Å²) in [5, 5.41) is 0. The lowest BCUT2D eigenvalue weighted by Gasteiger charge is -2.34. The molecule has 0 radical (unpaired) electrons. The Balaban J connectivity index is 1.16. The zero-order chi connectivity index (χ0) is 36.6. The van der Waals surface area contributed by atoms with Gasteiger partial charge in [-0.15, -0.1) is 0 Å². The Labute approximate surface area is 319 Å². The Morgan fingerprint density at radius 2 is 0.618 bits per heavy atom. The highest BCUT2D eigenvalue weighted by molar-refractivity contribution is 5.90. The minimum atomic E-state index is -0.631. The van der Waals surface area contributed by atoms with Gasteiger partial charge in [0.2, 0.25) is 0 Å². The highest BCUT2D eigenvalue weighted by atomic mass is 15.0. The maximum Gasteiger partial charge on any atom is 0.164 e. The van der Waals surface area contributed by atoms with Crippen LogP contribution in [0.4, 0.5) is 0 Å². The van der Waals surface area contributed by atoms with E-state index in [1.807, 2.05) is 60.7 Å². The molecule has 0 bridgehead atoms. The summed E-state index contributed by atoms with van der Waals surface area (Å²) in [5.74, 6) is 2.51. The molecule has 0 aliphatic heterocycles. The molecule has 9 aromatic rings. The highest BCUT2D eigenvalue weighted by Gasteiger charge is 2.49. The lowest BCUT2D eigenvalue weighted by atomic mass is 9.67. The van der Waals surface area contributed by atoms with Crippen LogP contribution in [0.1, 0.15) is 22.3 Å². The molecule has 0 saturated carbocycles. The van der Waals surface area contributed by atoms with E-state index < -0.39 is 5.41 Å². The van der Waals surface area contributed by atoms with Crippen LogP contribution < -0.4 is 0 Å². The fourth-order valence-electron chi connectivity index (χ4n) is 7.94. The molecule has 258 valence electrons. The molecule has 0 spiro atoms. The van der Waals surface area contributed by atoms with Crippen LogP contribution in [-0.4, -0.2) is 24.9 Å². The van der Waals surface area contributed by atoms with Gasteiger partial charge in [0.05, 0.1) is 16.8 Å². The van der Waals surface area contributed by atoms with Crippen molar-refractivity contribution in [1.29, 1.82) is 0 Å². The third-order valence-electron chi connectivity index (χ3n) is 10.4.